The van der Waals surface area contributed by atoms with Crippen molar-refractivity contribution in [2.24, 2.45) is 0 Å². The van der Waals surface area contributed by atoms with E-state index in [1.807, 2.05) is 19.0 Å². The maximum absolute atomic E-state index is 14.1. The van der Waals surface area contributed by atoms with Crippen LogP contribution in [-0.2, 0) is 9.84 Å². The first kappa shape index (κ1) is 24.4. The molecule has 35 heavy (non-hydrogen) atoms. The monoisotopic (exact) mass is 496 g/mol. The Labute approximate surface area is 202 Å². The molecule has 4 rings (SSSR count). The number of nitrogens with two attached hydrogens (primary N) is 1. The van der Waals surface area contributed by atoms with Gasteiger partial charge in [-0.15, -0.1) is 10.2 Å². The van der Waals surface area contributed by atoms with Gasteiger partial charge in [-0.1, -0.05) is 24.3 Å². The molecule has 2 aromatic heterocycles. The quantitative estimate of drug-likeness (QED) is 0.388. The predicted molar refractivity (Wildman–Crippen MR) is 130 cm³/mol. The lowest BCUT2D eigenvalue weighted by molar-refractivity contribution is 0.397. The molecule has 0 fully saturated rings. The largest absolute Gasteiger partial charge is 0.414 e. The Kier molecular flexibility index (Phi) is 6.90. The number of sulfone groups is 1. The highest BCUT2D eigenvalue weighted by molar-refractivity contribution is 7.92. The molecule has 4 aromatic rings. The third-order valence-corrected chi connectivity index (χ3v) is 7.75. The summed E-state index contributed by atoms with van der Waals surface area (Å²) in [4.78, 5) is 10.8. The van der Waals surface area contributed by atoms with Crippen LogP contribution in [0.1, 0.15) is 13.3 Å². The highest BCUT2D eigenvalue weighted by atomic mass is 32.2. The zero-order valence-electron chi connectivity index (χ0n) is 19.5. The summed E-state index contributed by atoms with van der Waals surface area (Å²) < 4.78 is 45.5. The van der Waals surface area contributed by atoms with Gasteiger partial charge in [-0.25, -0.2) is 22.8 Å². The van der Waals surface area contributed by atoms with Crippen LogP contribution >= 0.6 is 0 Å². The van der Waals surface area contributed by atoms with Crippen LogP contribution in [0, 0.1) is 5.82 Å². The van der Waals surface area contributed by atoms with Gasteiger partial charge >= 0.3 is 0 Å². The number of rotatable bonds is 8. The fourth-order valence-corrected chi connectivity index (χ4v) is 4.80. The first-order valence-electron chi connectivity index (χ1n) is 10.9. The van der Waals surface area contributed by atoms with Gasteiger partial charge in [0.2, 0.25) is 0 Å². The summed E-state index contributed by atoms with van der Waals surface area (Å²) in [5.74, 6) is -0.459. The molecule has 1 atom stereocenters. The van der Waals surface area contributed by atoms with Crippen molar-refractivity contribution in [2.75, 3.05) is 26.4 Å². The van der Waals surface area contributed by atoms with Gasteiger partial charge in [0.25, 0.3) is 11.8 Å². The SMILES string of the molecule is CC(CCN(C)C)S(=O)(=O)c1ccc(-c2cnc(N)c(-c3nnc(-c4ccccc4F)o3)n2)cc1. The van der Waals surface area contributed by atoms with Gasteiger partial charge in [-0.2, -0.15) is 0 Å². The molecule has 0 aliphatic carbocycles. The summed E-state index contributed by atoms with van der Waals surface area (Å²) in [5, 5.41) is 7.33. The zero-order valence-corrected chi connectivity index (χ0v) is 20.3. The lowest BCUT2D eigenvalue weighted by Gasteiger charge is -2.16. The van der Waals surface area contributed by atoms with Gasteiger partial charge in [0.05, 0.1) is 27.6 Å². The molecule has 0 saturated heterocycles. The van der Waals surface area contributed by atoms with Crippen molar-refractivity contribution in [3.63, 3.8) is 0 Å². The van der Waals surface area contributed by atoms with Crippen molar-refractivity contribution in [1.82, 2.24) is 25.1 Å². The Bertz CT molecular complexity index is 1440. The van der Waals surface area contributed by atoms with Crippen LogP contribution in [0.2, 0.25) is 0 Å². The molecule has 2 heterocycles. The van der Waals surface area contributed by atoms with Crippen molar-refractivity contribution >= 4 is 15.7 Å². The second-order valence-corrected chi connectivity index (χ2v) is 10.7. The molecule has 11 heteroatoms. The summed E-state index contributed by atoms with van der Waals surface area (Å²) in [7, 11) is 0.350. The maximum atomic E-state index is 14.1. The topological polar surface area (TPSA) is 128 Å². The summed E-state index contributed by atoms with van der Waals surface area (Å²) in [5.41, 5.74) is 7.35. The fraction of sp³-hybridized carbons (Fsp3) is 0.250. The Morgan fingerprint density at radius 2 is 1.74 bits per heavy atom. The third-order valence-electron chi connectivity index (χ3n) is 5.52. The Balaban J connectivity index is 1.61. The first-order chi connectivity index (χ1) is 16.7. The van der Waals surface area contributed by atoms with Crippen molar-refractivity contribution < 1.29 is 17.2 Å². The fourth-order valence-electron chi connectivity index (χ4n) is 3.40. The maximum Gasteiger partial charge on any atom is 0.270 e. The molecule has 0 amide bonds. The molecule has 182 valence electrons. The highest BCUT2D eigenvalue weighted by Crippen LogP contribution is 2.29. The minimum absolute atomic E-state index is 0.0102. The van der Waals surface area contributed by atoms with E-state index in [4.69, 9.17) is 10.2 Å². The average molecular weight is 497 g/mol. The average Bonchev–Trinajstić information content (AvgIpc) is 3.33. The van der Waals surface area contributed by atoms with Crippen molar-refractivity contribution in [3.8, 4) is 34.3 Å². The van der Waals surface area contributed by atoms with Crippen LogP contribution in [0.5, 0.6) is 0 Å². The lowest BCUT2D eigenvalue weighted by Crippen LogP contribution is -2.24. The van der Waals surface area contributed by atoms with E-state index in [0.29, 0.717) is 24.2 Å². The molecular formula is C24H25FN6O3S. The smallest absolute Gasteiger partial charge is 0.270 e. The Hall–Kier alpha value is -3.70. The molecule has 2 N–H and O–H groups in total. The zero-order chi connectivity index (χ0) is 25.2. The van der Waals surface area contributed by atoms with Crippen LogP contribution in [0.25, 0.3) is 34.3 Å². The van der Waals surface area contributed by atoms with E-state index in [1.165, 1.54) is 18.3 Å². The Morgan fingerprint density at radius 1 is 1.06 bits per heavy atom. The van der Waals surface area contributed by atoms with E-state index in [-0.39, 0.29) is 33.8 Å². The molecule has 0 aliphatic heterocycles. The van der Waals surface area contributed by atoms with Gasteiger partial charge in [0.1, 0.15) is 5.82 Å². The van der Waals surface area contributed by atoms with E-state index in [1.54, 1.807) is 43.3 Å². The highest BCUT2D eigenvalue weighted by Gasteiger charge is 2.23. The first-order valence-corrected chi connectivity index (χ1v) is 12.4. The van der Waals surface area contributed by atoms with E-state index in [0.717, 1.165) is 0 Å². The van der Waals surface area contributed by atoms with Crippen LogP contribution in [0.15, 0.2) is 64.0 Å². The summed E-state index contributed by atoms with van der Waals surface area (Å²) in [6.07, 6.45) is 2.00. The molecule has 0 bridgehead atoms. The summed E-state index contributed by atoms with van der Waals surface area (Å²) >= 11 is 0. The van der Waals surface area contributed by atoms with Crippen molar-refractivity contribution in [2.45, 2.75) is 23.5 Å². The number of hydrogen-bond donors (Lipinski definition) is 1. The number of halogens is 1. The number of aromatic nitrogens is 4. The van der Waals surface area contributed by atoms with Gasteiger partial charge in [-0.05, 0) is 58.3 Å². The molecular weight excluding hydrogens is 471 g/mol. The number of nitrogens with zero attached hydrogens (tertiary/aromatic N) is 5. The number of hydrogen-bond acceptors (Lipinski definition) is 9. The van der Waals surface area contributed by atoms with Gasteiger partial charge in [0, 0.05) is 5.56 Å². The third kappa shape index (κ3) is 5.20. The predicted octanol–water partition coefficient (Wildman–Crippen LogP) is 3.70. The van der Waals surface area contributed by atoms with E-state index >= 15 is 0 Å². The van der Waals surface area contributed by atoms with Crippen molar-refractivity contribution in [1.29, 1.82) is 0 Å². The number of anilines is 1. The van der Waals surface area contributed by atoms with Gasteiger partial charge in [-0.3, -0.25) is 0 Å². The van der Waals surface area contributed by atoms with Gasteiger partial charge < -0.3 is 15.1 Å². The van der Waals surface area contributed by atoms with Crippen LogP contribution in [0.3, 0.4) is 0 Å². The van der Waals surface area contributed by atoms with Crippen LogP contribution in [-0.4, -0.2) is 59.4 Å². The summed E-state index contributed by atoms with van der Waals surface area (Å²) in [6.45, 7) is 2.39. The van der Waals surface area contributed by atoms with Crippen LogP contribution in [0.4, 0.5) is 10.2 Å². The molecule has 0 spiro atoms. The molecule has 9 nitrogen and oxygen atoms in total. The standard InChI is InChI=1S/C24H25FN6O3S/c1-15(12-13-31(2)3)35(32,33)17-10-8-16(9-11-17)20-14-27-22(26)21(28-20)24-30-29-23(34-24)18-6-4-5-7-19(18)25/h4-11,14-15H,12-13H2,1-3H3,(H2,26,27). The molecule has 2 aromatic carbocycles. The molecule has 0 aliphatic rings. The minimum Gasteiger partial charge on any atom is -0.414 e. The van der Waals surface area contributed by atoms with Crippen molar-refractivity contribution in [3.05, 3.63) is 60.5 Å². The molecule has 1 unspecified atom stereocenters. The second-order valence-electron chi connectivity index (χ2n) is 8.35. The van der Waals surface area contributed by atoms with E-state index < -0.39 is 20.9 Å². The number of benzene rings is 2. The summed E-state index contributed by atoms with van der Waals surface area (Å²) in [6, 6.07) is 12.5. The van der Waals surface area contributed by atoms with Crippen LogP contribution < -0.4 is 5.73 Å². The molecule has 0 saturated carbocycles. The lowest BCUT2D eigenvalue weighted by atomic mass is 10.1. The van der Waals surface area contributed by atoms with E-state index in [2.05, 4.69) is 20.2 Å². The normalized spacial score (nSPS) is 12.7. The molecule has 0 radical (unpaired) electrons. The Morgan fingerprint density at radius 3 is 2.43 bits per heavy atom. The van der Waals surface area contributed by atoms with Gasteiger partial charge in [0.15, 0.2) is 21.3 Å². The minimum atomic E-state index is -3.47. The van der Waals surface area contributed by atoms with E-state index in [9.17, 15) is 12.8 Å². The second kappa shape index (κ2) is 9.88. The number of nitrogen functional groups attached to an aromatic ring is 1.